The Morgan fingerprint density at radius 3 is 2.21 bits per heavy atom. The van der Waals surface area contributed by atoms with Crippen LogP contribution in [-0.4, -0.2) is 25.8 Å². The molecule has 0 saturated carbocycles. The van der Waals surface area contributed by atoms with Crippen LogP contribution in [0, 0.1) is 11.8 Å². The summed E-state index contributed by atoms with van der Waals surface area (Å²) in [5.41, 5.74) is 0. The SMILES string of the molecule is CCCCC(CC)COC(CCC)CNCC(C)C. The molecule has 0 aliphatic rings. The van der Waals surface area contributed by atoms with Gasteiger partial charge in [-0.3, -0.25) is 0 Å². The minimum Gasteiger partial charge on any atom is -0.377 e. The van der Waals surface area contributed by atoms with Crippen molar-refractivity contribution in [1.82, 2.24) is 5.32 Å². The quantitative estimate of drug-likeness (QED) is 0.527. The second kappa shape index (κ2) is 12.9. The number of hydrogen-bond donors (Lipinski definition) is 1. The zero-order chi connectivity index (χ0) is 14.5. The molecule has 0 aromatic carbocycles. The van der Waals surface area contributed by atoms with Crippen molar-refractivity contribution in [2.45, 2.75) is 79.2 Å². The van der Waals surface area contributed by atoms with Crippen LogP contribution in [-0.2, 0) is 4.74 Å². The fourth-order valence-corrected chi connectivity index (χ4v) is 2.27. The molecule has 0 saturated heterocycles. The molecule has 0 rings (SSSR count). The standard InChI is InChI=1S/C17H37NO/c1-6-9-11-16(8-3)14-19-17(10-7-2)13-18-12-15(4)5/h15-18H,6-14H2,1-5H3. The van der Waals surface area contributed by atoms with Crippen molar-refractivity contribution in [2.75, 3.05) is 19.7 Å². The maximum atomic E-state index is 6.15. The average molecular weight is 271 g/mol. The molecular formula is C17H37NO. The van der Waals surface area contributed by atoms with Crippen molar-refractivity contribution in [3.63, 3.8) is 0 Å². The Labute approximate surface area is 121 Å². The Morgan fingerprint density at radius 1 is 0.947 bits per heavy atom. The van der Waals surface area contributed by atoms with Crippen molar-refractivity contribution < 1.29 is 4.74 Å². The van der Waals surface area contributed by atoms with Gasteiger partial charge in [0.2, 0.25) is 0 Å². The highest BCUT2D eigenvalue weighted by molar-refractivity contribution is 4.64. The van der Waals surface area contributed by atoms with Gasteiger partial charge in [0.25, 0.3) is 0 Å². The summed E-state index contributed by atoms with van der Waals surface area (Å²) >= 11 is 0. The van der Waals surface area contributed by atoms with Gasteiger partial charge in [-0.05, 0) is 31.2 Å². The number of rotatable bonds is 13. The summed E-state index contributed by atoms with van der Waals surface area (Å²) in [5, 5.41) is 3.53. The normalized spacial score (nSPS) is 14.8. The van der Waals surface area contributed by atoms with Gasteiger partial charge in [0.1, 0.15) is 0 Å². The van der Waals surface area contributed by atoms with E-state index in [1.807, 2.05) is 0 Å². The first-order valence-corrected chi connectivity index (χ1v) is 8.46. The van der Waals surface area contributed by atoms with E-state index in [1.54, 1.807) is 0 Å². The van der Waals surface area contributed by atoms with Gasteiger partial charge in [-0.1, -0.05) is 60.3 Å². The lowest BCUT2D eigenvalue weighted by atomic mass is 10.0. The molecule has 0 radical (unpaired) electrons. The first-order chi connectivity index (χ1) is 9.13. The van der Waals surface area contributed by atoms with E-state index in [0.29, 0.717) is 6.10 Å². The third-order valence-corrected chi connectivity index (χ3v) is 3.65. The Bertz CT molecular complexity index is 182. The number of unbranched alkanes of at least 4 members (excludes halogenated alkanes) is 1. The third-order valence-electron chi connectivity index (χ3n) is 3.65. The molecule has 0 aromatic rings. The Kier molecular flexibility index (Phi) is 12.9. The van der Waals surface area contributed by atoms with Crippen LogP contribution in [0.4, 0.5) is 0 Å². The smallest absolute Gasteiger partial charge is 0.0699 e. The lowest BCUT2D eigenvalue weighted by Gasteiger charge is -2.22. The summed E-state index contributed by atoms with van der Waals surface area (Å²) in [5.74, 6) is 1.47. The Hall–Kier alpha value is -0.0800. The van der Waals surface area contributed by atoms with Crippen molar-refractivity contribution in [3.8, 4) is 0 Å². The lowest BCUT2D eigenvalue weighted by molar-refractivity contribution is 0.0207. The van der Waals surface area contributed by atoms with E-state index in [9.17, 15) is 0 Å². The predicted molar refractivity (Wildman–Crippen MR) is 85.7 cm³/mol. The zero-order valence-corrected chi connectivity index (χ0v) is 14.0. The molecule has 0 aliphatic carbocycles. The van der Waals surface area contributed by atoms with Gasteiger partial charge >= 0.3 is 0 Å². The van der Waals surface area contributed by atoms with Gasteiger partial charge in [-0.2, -0.15) is 0 Å². The molecular weight excluding hydrogens is 234 g/mol. The summed E-state index contributed by atoms with van der Waals surface area (Å²) in [6.45, 7) is 14.4. The third kappa shape index (κ3) is 11.4. The van der Waals surface area contributed by atoms with E-state index in [0.717, 1.165) is 31.5 Å². The highest BCUT2D eigenvalue weighted by atomic mass is 16.5. The van der Waals surface area contributed by atoms with Crippen molar-refractivity contribution >= 4 is 0 Å². The molecule has 19 heavy (non-hydrogen) atoms. The molecule has 0 amide bonds. The molecule has 0 heterocycles. The van der Waals surface area contributed by atoms with Crippen LogP contribution in [0.2, 0.25) is 0 Å². The minimum absolute atomic E-state index is 0.402. The van der Waals surface area contributed by atoms with Crippen LogP contribution in [0.1, 0.15) is 73.1 Å². The zero-order valence-electron chi connectivity index (χ0n) is 14.0. The van der Waals surface area contributed by atoms with E-state index in [-0.39, 0.29) is 0 Å². The number of ether oxygens (including phenoxy) is 1. The van der Waals surface area contributed by atoms with E-state index in [4.69, 9.17) is 4.74 Å². The van der Waals surface area contributed by atoms with E-state index < -0.39 is 0 Å². The lowest BCUT2D eigenvalue weighted by Crippen LogP contribution is -2.32. The maximum Gasteiger partial charge on any atom is 0.0699 e. The van der Waals surface area contributed by atoms with Crippen LogP contribution >= 0.6 is 0 Å². The summed E-state index contributed by atoms with van der Waals surface area (Å²) in [6.07, 6.45) is 7.99. The van der Waals surface area contributed by atoms with E-state index in [2.05, 4.69) is 39.9 Å². The van der Waals surface area contributed by atoms with Crippen molar-refractivity contribution in [2.24, 2.45) is 11.8 Å². The van der Waals surface area contributed by atoms with Crippen LogP contribution in [0.15, 0.2) is 0 Å². The molecule has 116 valence electrons. The minimum atomic E-state index is 0.402. The number of hydrogen-bond acceptors (Lipinski definition) is 2. The molecule has 0 aliphatic heterocycles. The summed E-state index contributed by atoms with van der Waals surface area (Å²) in [6, 6.07) is 0. The van der Waals surface area contributed by atoms with Crippen LogP contribution in [0.5, 0.6) is 0 Å². The molecule has 2 unspecified atom stereocenters. The largest absolute Gasteiger partial charge is 0.377 e. The van der Waals surface area contributed by atoms with Crippen LogP contribution in [0.25, 0.3) is 0 Å². The monoisotopic (exact) mass is 271 g/mol. The second-order valence-electron chi connectivity index (χ2n) is 6.21. The van der Waals surface area contributed by atoms with Gasteiger partial charge in [-0.25, -0.2) is 0 Å². The Balaban J connectivity index is 3.89. The molecule has 0 aromatic heterocycles. The summed E-state index contributed by atoms with van der Waals surface area (Å²) < 4.78 is 6.15. The first-order valence-electron chi connectivity index (χ1n) is 8.46. The van der Waals surface area contributed by atoms with E-state index >= 15 is 0 Å². The van der Waals surface area contributed by atoms with Gasteiger partial charge in [0.15, 0.2) is 0 Å². The number of nitrogens with one attached hydrogen (secondary N) is 1. The van der Waals surface area contributed by atoms with Crippen molar-refractivity contribution in [1.29, 1.82) is 0 Å². The van der Waals surface area contributed by atoms with Gasteiger partial charge < -0.3 is 10.1 Å². The predicted octanol–water partition coefficient (Wildman–Crippen LogP) is 4.63. The molecule has 2 heteroatoms. The van der Waals surface area contributed by atoms with E-state index in [1.165, 1.54) is 38.5 Å². The first kappa shape index (κ1) is 18.9. The highest BCUT2D eigenvalue weighted by Gasteiger charge is 2.12. The molecule has 0 bridgehead atoms. The summed E-state index contributed by atoms with van der Waals surface area (Å²) in [4.78, 5) is 0. The summed E-state index contributed by atoms with van der Waals surface area (Å²) in [7, 11) is 0. The Morgan fingerprint density at radius 2 is 1.68 bits per heavy atom. The van der Waals surface area contributed by atoms with Crippen LogP contribution < -0.4 is 5.32 Å². The van der Waals surface area contributed by atoms with Gasteiger partial charge in [0.05, 0.1) is 6.10 Å². The second-order valence-corrected chi connectivity index (χ2v) is 6.21. The van der Waals surface area contributed by atoms with Gasteiger partial charge in [-0.15, -0.1) is 0 Å². The van der Waals surface area contributed by atoms with Crippen LogP contribution in [0.3, 0.4) is 0 Å². The van der Waals surface area contributed by atoms with Crippen molar-refractivity contribution in [3.05, 3.63) is 0 Å². The molecule has 0 spiro atoms. The highest BCUT2D eigenvalue weighted by Crippen LogP contribution is 2.14. The fraction of sp³-hybridized carbons (Fsp3) is 1.00. The molecule has 2 atom stereocenters. The topological polar surface area (TPSA) is 21.3 Å². The molecule has 0 fully saturated rings. The fourth-order valence-electron chi connectivity index (χ4n) is 2.27. The maximum absolute atomic E-state index is 6.15. The molecule has 1 N–H and O–H groups in total. The van der Waals surface area contributed by atoms with Gasteiger partial charge in [0, 0.05) is 13.2 Å². The average Bonchev–Trinajstić information content (AvgIpc) is 2.38. The molecule has 2 nitrogen and oxygen atoms in total.